The molecule has 39 heavy (non-hydrogen) atoms. The van der Waals surface area contributed by atoms with Crippen molar-refractivity contribution in [1.29, 1.82) is 0 Å². The lowest BCUT2D eigenvalue weighted by Crippen LogP contribution is -2.45. The van der Waals surface area contributed by atoms with Crippen molar-refractivity contribution < 1.29 is 22.8 Å². The molecule has 10 nitrogen and oxygen atoms in total. The standard InChI is InChI=1S/C26H27N5O5S2.ClH/c1-15(27)26(34)31-10-8-16(9-11-31)25-29-14-18(37-25)13-28-23(32)17-6-7-22-20(12-17)30-24(33)19-4-2-3-5-21(19)38(22,35)36;/h2-7,12,14-16H,8-11,13,27H2,1H3,(H,28,32)(H,30,33);1H/t15-;/m0./s1. The number of rotatable bonds is 5. The first-order valence-electron chi connectivity index (χ1n) is 12.2. The van der Waals surface area contributed by atoms with Crippen LogP contribution in [0.25, 0.3) is 0 Å². The molecular formula is C26H28ClN5O5S2. The number of carbonyl (C=O) groups excluding carboxylic acids is 3. The van der Waals surface area contributed by atoms with E-state index in [9.17, 15) is 22.8 Å². The van der Waals surface area contributed by atoms with E-state index in [2.05, 4.69) is 15.6 Å². The van der Waals surface area contributed by atoms with E-state index in [0.29, 0.717) is 13.1 Å². The number of piperidine rings is 1. The number of nitrogens with one attached hydrogen (secondary N) is 2. The molecule has 0 radical (unpaired) electrons. The lowest BCUT2D eigenvalue weighted by Gasteiger charge is -2.32. The van der Waals surface area contributed by atoms with Crippen molar-refractivity contribution in [3.05, 3.63) is 69.7 Å². The first-order valence-corrected chi connectivity index (χ1v) is 14.5. The Kier molecular flexibility index (Phi) is 8.40. The Morgan fingerprint density at radius 3 is 2.62 bits per heavy atom. The van der Waals surface area contributed by atoms with Crippen LogP contribution in [0.4, 0.5) is 5.69 Å². The number of hydrogen-bond donors (Lipinski definition) is 3. The van der Waals surface area contributed by atoms with E-state index in [4.69, 9.17) is 5.73 Å². The number of anilines is 1. The van der Waals surface area contributed by atoms with E-state index >= 15 is 0 Å². The predicted molar refractivity (Wildman–Crippen MR) is 149 cm³/mol. The molecule has 2 aromatic carbocycles. The van der Waals surface area contributed by atoms with Gasteiger partial charge in [-0.2, -0.15) is 0 Å². The molecule has 0 spiro atoms. The number of nitrogens with zero attached hydrogens (tertiary/aromatic N) is 2. The Labute approximate surface area is 236 Å². The number of carbonyl (C=O) groups is 3. The summed E-state index contributed by atoms with van der Waals surface area (Å²) in [7, 11) is -3.94. The van der Waals surface area contributed by atoms with Crippen molar-refractivity contribution in [2.24, 2.45) is 5.73 Å². The van der Waals surface area contributed by atoms with Gasteiger partial charge in [-0.3, -0.25) is 14.4 Å². The van der Waals surface area contributed by atoms with Crippen LogP contribution >= 0.6 is 23.7 Å². The van der Waals surface area contributed by atoms with Crippen molar-refractivity contribution in [2.75, 3.05) is 18.4 Å². The van der Waals surface area contributed by atoms with E-state index in [1.165, 1.54) is 41.7 Å². The number of amides is 3. The van der Waals surface area contributed by atoms with Gasteiger partial charge in [-0.1, -0.05) is 12.1 Å². The molecular weight excluding hydrogens is 562 g/mol. The number of benzene rings is 2. The highest BCUT2D eigenvalue weighted by Crippen LogP contribution is 2.34. The first-order chi connectivity index (χ1) is 18.1. The molecule has 2 aliphatic heterocycles. The summed E-state index contributed by atoms with van der Waals surface area (Å²) in [5.41, 5.74) is 6.05. The maximum Gasteiger partial charge on any atom is 0.257 e. The summed E-state index contributed by atoms with van der Waals surface area (Å²) in [5, 5.41) is 6.43. The smallest absolute Gasteiger partial charge is 0.257 e. The van der Waals surface area contributed by atoms with Gasteiger partial charge < -0.3 is 21.3 Å². The largest absolute Gasteiger partial charge is 0.347 e. The van der Waals surface area contributed by atoms with Gasteiger partial charge in [-0.05, 0) is 50.1 Å². The molecule has 4 N–H and O–H groups in total. The minimum atomic E-state index is -3.94. The van der Waals surface area contributed by atoms with Gasteiger partial charge in [-0.25, -0.2) is 13.4 Å². The molecule has 0 unspecified atom stereocenters. The second-order valence-corrected chi connectivity index (χ2v) is 12.4. The molecule has 0 bridgehead atoms. The zero-order valence-electron chi connectivity index (χ0n) is 21.0. The number of halogens is 1. The van der Waals surface area contributed by atoms with Crippen LogP contribution in [0.2, 0.25) is 0 Å². The van der Waals surface area contributed by atoms with Crippen molar-refractivity contribution in [3.63, 3.8) is 0 Å². The van der Waals surface area contributed by atoms with Crippen molar-refractivity contribution in [3.8, 4) is 0 Å². The number of thiazole rings is 1. The summed E-state index contributed by atoms with van der Waals surface area (Å²) in [5.74, 6) is -0.740. The molecule has 0 saturated carbocycles. The Hall–Kier alpha value is -3.32. The van der Waals surface area contributed by atoms with Crippen LogP contribution in [0.5, 0.6) is 0 Å². The molecule has 3 heterocycles. The van der Waals surface area contributed by atoms with Crippen LogP contribution in [0.15, 0.2) is 58.5 Å². The summed E-state index contributed by atoms with van der Waals surface area (Å²) in [6, 6.07) is 9.66. The van der Waals surface area contributed by atoms with Gasteiger partial charge in [0.05, 0.1) is 38.6 Å². The predicted octanol–water partition coefficient (Wildman–Crippen LogP) is 2.95. The summed E-state index contributed by atoms with van der Waals surface area (Å²) >= 11 is 1.52. The molecule has 2 aliphatic rings. The highest BCUT2D eigenvalue weighted by Gasteiger charge is 2.31. The van der Waals surface area contributed by atoms with Crippen LogP contribution in [0, 0.1) is 0 Å². The monoisotopic (exact) mass is 589 g/mol. The molecule has 1 aromatic heterocycles. The third-order valence-corrected chi connectivity index (χ3v) is 9.77. The highest BCUT2D eigenvalue weighted by molar-refractivity contribution is 7.91. The molecule has 13 heteroatoms. The third kappa shape index (κ3) is 5.69. The lowest BCUT2D eigenvalue weighted by molar-refractivity contribution is -0.133. The molecule has 1 fully saturated rings. The minimum absolute atomic E-state index is 0. The number of hydrogen-bond acceptors (Lipinski definition) is 8. The van der Waals surface area contributed by atoms with Crippen LogP contribution in [0.1, 0.15) is 56.3 Å². The van der Waals surface area contributed by atoms with Crippen LogP contribution in [0.3, 0.4) is 0 Å². The fourth-order valence-electron chi connectivity index (χ4n) is 4.70. The second kappa shape index (κ2) is 11.4. The second-order valence-electron chi connectivity index (χ2n) is 9.40. The molecule has 3 amide bonds. The van der Waals surface area contributed by atoms with Gasteiger partial charge in [0.2, 0.25) is 15.7 Å². The van der Waals surface area contributed by atoms with E-state index in [1.807, 2.05) is 0 Å². The Bertz CT molecular complexity index is 1530. The molecule has 1 saturated heterocycles. The molecule has 5 rings (SSSR count). The van der Waals surface area contributed by atoms with Crippen LogP contribution in [-0.4, -0.2) is 55.2 Å². The van der Waals surface area contributed by atoms with E-state index in [0.717, 1.165) is 22.7 Å². The maximum atomic E-state index is 13.1. The average Bonchev–Trinajstić information content (AvgIpc) is 3.37. The number of likely N-dealkylation sites (tertiary alicyclic amines) is 1. The SMILES string of the molecule is C[C@H](N)C(=O)N1CCC(c2ncc(CNC(=O)c3ccc4c(c3)NC(=O)c3ccccc3S4(=O)=O)s2)CC1.Cl. The Morgan fingerprint density at radius 1 is 1.18 bits per heavy atom. The summed E-state index contributed by atoms with van der Waals surface area (Å²) < 4.78 is 26.3. The summed E-state index contributed by atoms with van der Waals surface area (Å²) in [4.78, 5) is 44.7. The Balaban J connectivity index is 0.00000353. The summed E-state index contributed by atoms with van der Waals surface area (Å²) in [6.07, 6.45) is 3.36. The van der Waals surface area contributed by atoms with Crippen molar-refractivity contribution >= 4 is 57.0 Å². The van der Waals surface area contributed by atoms with E-state index < -0.39 is 27.7 Å². The fraction of sp³-hybridized carbons (Fsp3) is 0.308. The van der Waals surface area contributed by atoms with Crippen LogP contribution in [-0.2, 0) is 21.2 Å². The Morgan fingerprint density at radius 2 is 1.90 bits per heavy atom. The molecule has 0 aliphatic carbocycles. The number of fused-ring (bicyclic) bond motifs is 2. The van der Waals surface area contributed by atoms with Gasteiger partial charge in [0.15, 0.2) is 0 Å². The molecule has 206 valence electrons. The molecule has 3 aromatic rings. The lowest BCUT2D eigenvalue weighted by atomic mass is 9.97. The van der Waals surface area contributed by atoms with Gasteiger partial charge in [-0.15, -0.1) is 23.7 Å². The van der Waals surface area contributed by atoms with Gasteiger partial charge in [0, 0.05) is 35.6 Å². The van der Waals surface area contributed by atoms with Crippen molar-refractivity contribution in [2.45, 2.75) is 48.1 Å². The third-order valence-electron chi connectivity index (χ3n) is 6.74. The zero-order valence-corrected chi connectivity index (χ0v) is 23.5. The maximum absolute atomic E-state index is 13.1. The number of aromatic nitrogens is 1. The average molecular weight is 590 g/mol. The quantitative estimate of drug-likeness (QED) is 0.414. The topological polar surface area (TPSA) is 152 Å². The first kappa shape index (κ1) is 28.7. The van der Waals surface area contributed by atoms with E-state index in [1.54, 1.807) is 30.2 Å². The van der Waals surface area contributed by atoms with Crippen LogP contribution < -0.4 is 16.4 Å². The van der Waals surface area contributed by atoms with Crippen molar-refractivity contribution in [1.82, 2.24) is 15.2 Å². The normalized spacial score (nSPS) is 17.1. The minimum Gasteiger partial charge on any atom is -0.347 e. The molecule has 1 atom stereocenters. The van der Waals surface area contributed by atoms with E-state index in [-0.39, 0.29) is 57.4 Å². The van der Waals surface area contributed by atoms with Gasteiger partial charge in [0.25, 0.3) is 11.8 Å². The van der Waals surface area contributed by atoms with Gasteiger partial charge in [0.1, 0.15) is 0 Å². The number of nitrogens with two attached hydrogens (primary N) is 1. The van der Waals surface area contributed by atoms with Gasteiger partial charge >= 0.3 is 0 Å². The highest BCUT2D eigenvalue weighted by atomic mass is 35.5. The zero-order chi connectivity index (χ0) is 27.0. The fourth-order valence-corrected chi connectivity index (χ4v) is 7.32. The summed E-state index contributed by atoms with van der Waals surface area (Å²) in [6.45, 7) is 3.24. The number of sulfone groups is 1.